The van der Waals surface area contributed by atoms with E-state index in [0.717, 1.165) is 38.6 Å². The predicted molar refractivity (Wildman–Crippen MR) is 91.1 cm³/mol. The van der Waals surface area contributed by atoms with Crippen LogP contribution in [0.2, 0.25) is 0 Å². The van der Waals surface area contributed by atoms with E-state index in [-0.39, 0.29) is 30.1 Å². The molecule has 1 fully saturated rings. The summed E-state index contributed by atoms with van der Waals surface area (Å²) < 4.78 is 5.56. The number of ether oxygens (including phenoxy) is 1. The molecular weight excluding hydrogens is 294 g/mol. The lowest BCUT2D eigenvalue weighted by Crippen LogP contribution is -2.48. The molecule has 1 heterocycles. The van der Waals surface area contributed by atoms with Crippen molar-refractivity contribution >= 4 is 12.0 Å². The van der Waals surface area contributed by atoms with Crippen molar-refractivity contribution in [3.63, 3.8) is 0 Å². The normalized spacial score (nSPS) is 22.1. The van der Waals surface area contributed by atoms with Gasteiger partial charge in [0.15, 0.2) is 0 Å². The highest BCUT2D eigenvalue weighted by Gasteiger charge is 2.30. The van der Waals surface area contributed by atoms with Gasteiger partial charge in [-0.1, -0.05) is 12.8 Å². The fourth-order valence-corrected chi connectivity index (χ4v) is 2.97. The summed E-state index contributed by atoms with van der Waals surface area (Å²) in [5.74, 6) is -0.360. The van der Waals surface area contributed by atoms with E-state index < -0.39 is 5.60 Å². The van der Waals surface area contributed by atoms with Crippen molar-refractivity contribution in [2.75, 3.05) is 6.54 Å². The zero-order valence-corrected chi connectivity index (χ0v) is 15.2. The Morgan fingerprint density at radius 2 is 1.91 bits per heavy atom. The summed E-state index contributed by atoms with van der Waals surface area (Å²) in [5, 5.41) is 3.20. The van der Waals surface area contributed by atoms with Crippen LogP contribution in [0.25, 0.3) is 0 Å². The summed E-state index contributed by atoms with van der Waals surface area (Å²) in [7, 11) is 0. The van der Waals surface area contributed by atoms with E-state index >= 15 is 0 Å². The number of nitrogens with zero attached hydrogens (tertiary/aromatic N) is 1. The molecule has 3 atom stereocenters. The Bertz CT molecular complexity index is 406. The largest absolute Gasteiger partial charge is 0.444 e. The standard InChI is InChI=1S/C17H33N3O3/c1-12(19-13(2)15(18)21)11-14-9-7-6-8-10-20(14)16(22)23-17(3,4)5/h12-14,19H,6-11H2,1-5H3,(H2,18,21). The van der Waals surface area contributed by atoms with E-state index in [1.165, 1.54) is 0 Å². The van der Waals surface area contributed by atoms with Crippen LogP contribution >= 0.6 is 0 Å². The minimum absolute atomic E-state index is 0.102. The molecule has 0 aromatic rings. The Hall–Kier alpha value is -1.30. The number of primary amides is 1. The fraction of sp³-hybridized carbons (Fsp3) is 0.882. The Kier molecular flexibility index (Phi) is 7.32. The first-order chi connectivity index (χ1) is 10.6. The molecule has 23 heavy (non-hydrogen) atoms. The third kappa shape index (κ3) is 7.20. The van der Waals surface area contributed by atoms with Gasteiger partial charge in [-0.05, 0) is 53.9 Å². The van der Waals surface area contributed by atoms with Crippen molar-refractivity contribution < 1.29 is 14.3 Å². The first-order valence-electron chi connectivity index (χ1n) is 8.65. The number of carbonyl (C=O) groups excluding carboxylic acids is 2. The van der Waals surface area contributed by atoms with Crippen molar-refractivity contribution in [1.82, 2.24) is 10.2 Å². The Labute approximate surface area is 140 Å². The Balaban J connectivity index is 2.70. The van der Waals surface area contributed by atoms with Crippen LogP contribution < -0.4 is 11.1 Å². The second-order valence-corrected chi connectivity index (χ2v) is 7.60. The quantitative estimate of drug-likeness (QED) is 0.812. The maximum atomic E-state index is 12.5. The molecule has 6 nitrogen and oxygen atoms in total. The molecule has 134 valence electrons. The zero-order valence-electron chi connectivity index (χ0n) is 15.2. The van der Waals surface area contributed by atoms with Crippen LogP contribution in [0.1, 0.15) is 66.7 Å². The zero-order chi connectivity index (χ0) is 17.6. The van der Waals surface area contributed by atoms with Crippen LogP contribution in [0.4, 0.5) is 4.79 Å². The summed E-state index contributed by atoms with van der Waals surface area (Å²) in [6.45, 7) is 10.2. The summed E-state index contributed by atoms with van der Waals surface area (Å²) in [5.41, 5.74) is 4.81. The molecule has 0 aliphatic carbocycles. The molecule has 0 saturated carbocycles. The van der Waals surface area contributed by atoms with Crippen LogP contribution in [0.3, 0.4) is 0 Å². The molecule has 0 aromatic carbocycles. The lowest BCUT2D eigenvalue weighted by molar-refractivity contribution is -0.119. The Morgan fingerprint density at radius 1 is 1.26 bits per heavy atom. The molecule has 3 unspecified atom stereocenters. The number of likely N-dealkylation sites (tertiary alicyclic amines) is 1. The number of nitrogens with one attached hydrogen (secondary N) is 1. The van der Waals surface area contributed by atoms with Crippen LogP contribution in [0.15, 0.2) is 0 Å². The van der Waals surface area contributed by atoms with Crippen molar-refractivity contribution in [2.45, 2.75) is 90.4 Å². The van der Waals surface area contributed by atoms with Gasteiger partial charge in [0.25, 0.3) is 0 Å². The lowest BCUT2D eigenvalue weighted by Gasteiger charge is -2.34. The van der Waals surface area contributed by atoms with Gasteiger partial charge in [0, 0.05) is 18.6 Å². The molecule has 1 aliphatic heterocycles. The van der Waals surface area contributed by atoms with E-state index in [4.69, 9.17) is 10.5 Å². The predicted octanol–water partition coefficient (Wildman–Crippen LogP) is 2.41. The van der Waals surface area contributed by atoms with Gasteiger partial charge in [-0.2, -0.15) is 0 Å². The molecule has 0 radical (unpaired) electrons. The maximum Gasteiger partial charge on any atom is 0.410 e. The number of nitrogens with two attached hydrogens (primary N) is 1. The van der Waals surface area contributed by atoms with Crippen LogP contribution in [0.5, 0.6) is 0 Å². The van der Waals surface area contributed by atoms with Gasteiger partial charge in [-0.3, -0.25) is 4.79 Å². The maximum absolute atomic E-state index is 12.5. The molecule has 0 spiro atoms. The lowest BCUT2D eigenvalue weighted by atomic mass is 10.0. The summed E-state index contributed by atoms with van der Waals surface area (Å²) in [6, 6.07) is -0.133. The molecule has 1 rings (SSSR count). The summed E-state index contributed by atoms with van der Waals surface area (Å²) in [6.07, 6.45) is 4.78. The second kappa shape index (κ2) is 8.52. The summed E-state index contributed by atoms with van der Waals surface area (Å²) in [4.78, 5) is 25.6. The van der Waals surface area contributed by atoms with Gasteiger partial charge in [-0.25, -0.2) is 4.79 Å². The van der Waals surface area contributed by atoms with Gasteiger partial charge in [-0.15, -0.1) is 0 Å². The second-order valence-electron chi connectivity index (χ2n) is 7.60. The van der Waals surface area contributed by atoms with Crippen molar-refractivity contribution in [2.24, 2.45) is 5.73 Å². The van der Waals surface area contributed by atoms with Crippen molar-refractivity contribution in [1.29, 1.82) is 0 Å². The van der Waals surface area contributed by atoms with E-state index in [2.05, 4.69) is 5.32 Å². The third-order valence-corrected chi connectivity index (χ3v) is 4.09. The van der Waals surface area contributed by atoms with E-state index in [1.807, 2.05) is 32.6 Å². The minimum atomic E-state index is -0.488. The van der Waals surface area contributed by atoms with Gasteiger partial charge in [0.2, 0.25) is 5.91 Å². The van der Waals surface area contributed by atoms with Crippen molar-refractivity contribution in [3.8, 4) is 0 Å². The number of hydrogen-bond acceptors (Lipinski definition) is 4. The third-order valence-electron chi connectivity index (χ3n) is 4.09. The molecule has 2 amide bonds. The topological polar surface area (TPSA) is 84.7 Å². The van der Waals surface area contributed by atoms with E-state index in [9.17, 15) is 9.59 Å². The number of carbonyl (C=O) groups is 2. The molecule has 1 aliphatic rings. The molecule has 1 saturated heterocycles. The van der Waals surface area contributed by atoms with Crippen LogP contribution in [-0.4, -0.2) is 47.2 Å². The van der Waals surface area contributed by atoms with Gasteiger partial charge >= 0.3 is 6.09 Å². The minimum Gasteiger partial charge on any atom is -0.444 e. The average molecular weight is 327 g/mol. The van der Waals surface area contributed by atoms with E-state index in [0.29, 0.717) is 0 Å². The Morgan fingerprint density at radius 3 is 2.48 bits per heavy atom. The highest BCUT2D eigenvalue weighted by Crippen LogP contribution is 2.23. The first-order valence-corrected chi connectivity index (χ1v) is 8.65. The molecular formula is C17H33N3O3. The number of hydrogen-bond donors (Lipinski definition) is 2. The number of amides is 2. The van der Waals surface area contributed by atoms with Crippen LogP contribution in [-0.2, 0) is 9.53 Å². The molecule has 0 aromatic heterocycles. The monoisotopic (exact) mass is 327 g/mol. The van der Waals surface area contributed by atoms with Crippen LogP contribution in [0, 0.1) is 0 Å². The number of rotatable bonds is 5. The SMILES string of the molecule is CC(CC1CCCCCN1C(=O)OC(C)(C)C)NC(C)C(N)=O. The van der Waals surface area contributed by atoms with E-state index in [1.54, 1.807) is 6.92 Å². The smallest absolute Gasteiger partial charge is 0.410 e. The molecule has 3 N–H and O–H groups in total. The fourth-order valence-electron chi connectivity index (χ4n) is 2.97. The van der Waals surface area contributed by atoms with Gasteiger partial charge in [0.05, 0.1) is 6.04 Å². The molecule has 6 heteroatoms. The van der Waals surface area contributed by atoms with Gasteiger partial charge in [0.1, 0.15) is 5.60 Å². The highest BCUT2D eigenvalue weighted by atomic mass is 16.6. The van der Waals surface area contributed by atoms with Gasteiger partial charge < -0.3 is 20.7 Å². The summed E-state index contributed by atoms with van der Waals surface area (Å²) >= 11 is 0. The molecule has 0 bridgehead atoms. The van der Waals surface area contributed by atoms with Crippen molar-refractivity contribution in [3.05, 3.63) is 0 Å². The first kappa shape index (κ1) is 19.7. The average Bonchev–Trinajstić information content (AvgIpc) is 2.61. The highest BCUT2D eigenvalue weighted by molar-refractivity contribution is 5.79.